The number of rotatable bonds is 10. The zero-order valence-corrected chi connectivity index (χ0v) is 24.1. The summed E-state index contributed by atoms with van der Waals surface area (Å²) in [5.41, 5.74) is 0.271. The van der Waals surface area contributed by atoms with Crippen LogP contribution in [0.15, 0.2) is 24.0 Å². The van der Waals surface area contributed by atoms with E-state index in [9.17, 15) is 4.79 Å². The van der Waals surface area contributed by atoms with Gasteiger partial charge in [-0.25, -0.2) is 4.98 Å². The van der Waals surface area contributed by atoms with Gasteiger partial charge in [0.2, 0.25) is 5.95 Å². The van der Waals surface area contributed by atoms with Crippen molar-refractivity contribution in [1.29, 1.82) is 0 Å². The Kier molecular flexibility index (Phi) is 7.57. The van der Waals surface area contributed by atoms with Crippen molar-refractivity contribution in [3.63, 3.8) is 0 Å². The van der Waals surface area contributed by atoms with E-state index in [0.717, 1.165) is 12.8 Å². The van der Waals surface area contributed by atoms with Crippen LogP contribution in [0.4, 0.5) is 5.95 Å². The smallest absolute Gasteiger partial charge is 0.280 e. The van der Waals surface area contributed by atoms with Gasteiger partial charge in [0, 0.05) is 6.54 Å². The van der Waals surface area contributed by atoms with E-state index < -0.39 is 26.4 Å². The molecular formula is C26H41N5O5Si. The lowest BCUT2D eigenvalue weighted by Crippen LogP contribution is -2.44. The van der Waals surface area contributed by atoms with Crippen LogP contribution in [0.2, 0.25) is 18.1 Å². The fourth-order valence-electron chi connectivity index (χ4n) is 4.44. The molecule has 0 radical (unpaired) electrons. The molecule has 11 heteroatoms. The highest BCUT2D eigenvalue weighted by atomic mass is 28.4. The minimum absolute atomic E-state index is 0.0628. The Morgan fingerprint density at radius 1 is 1.22 bits per heavy atom. The van der Waals surface area contributed by atoms with Gasteiger partial charge in [0.15, 0.2) is 31.5 Å². The van der Waals surface area contributed by atoms with Crippen molar-refractivity contribution in [2.45, 2.75) is 95.9 Å². The Morgan fingerprint density at radius 3 is 2.57 bits per heavy atom. The van der Waals surface area contributed by atoms with E-state index in [1.807, 2.05) is 19.9 Å². The fourth-order valence-corrected chi connectivity index (χ4v) is 5.45. The quantitative estimate of drug-likeness (QED) is 0.260. The molecule has 0 aromatic carbocycles. The number of ether oxygens (including phenoxy) is 3. The fraction of sp³-hybridized carbons (Fsp3) is 0.654. The summed E-state index contributed by atoms with van der Waals surface area (Å²) in [5, 5.41) is 3.25. The minimum Gasteiger partial charge on any atom is -0.414 e. The normalized spacial score (nSPS) is 25.4. The van der Waals surface area contributed by atoms with Gasteiger partial charge in [0.25, 0.3) is 5.56 Å². The summed E-state index contributed by atoms with van der Waals surface area (Å²) < 4.78 is 27.5. The van der Waals surface area contributed by atoms with Crippen LogP contribution in [0.5, 0.6) is 0 Å². The largest absolute Gasteiger partial charge is 0.414 e. The minimum atomic E-state index is -2.02. The highest BCUT2D eigenvalue weighted by Gasteiger charge is 2.57. The highest BCUT2D eigenvalue weighted by Crippen LogP contribution is 2.45. The Hall–Kier alpha value is -2.31. The molecule has 0 unspecified atom stereocenters. The first-order valence-electron chi connectivity index (χ1n) is 12.9. The molecule has 4 atom stereocenters. The first-order valence-corrected chi connectivity index (χ1v) is 15.8. The lowest BCUT2D eigenvalue weighted by Gasteiger charge is -2.37. The number of allylic oxidation sites excluding steroid dienone is 1. The van der Waals surface area contributed by atoms with Crippen molar-refractivity contribution in [2.75, 3.05) is 18.5 Å². The third-order valence-electron chi connectivity index (χ3n) is 7.43. The summed E-state index contributed by atoms with van der Waals surface area (Å²) in [6, 6.07) is 0. The molecule has 10 nitrogen and oxygen atoms in total. The third kappa shape index (κ3) is 5.46. The second kappa shape index (κ2) is 10.1. The van der Waals surface area contributed by atoms with Crippen molar-refractivity contribution in [3.8, 4) is 0 Å². The summed E-state index contributed by atoms with van der Waals surface area (Å²) >= 11 is 0. The number of aromatic nitrogens is 4. The predicted molar refractivity (Wildman–Crippen MR) is 147 cm³/mol. The average molecular weight is 532 g/mol. The lowest BCUT2D eigenvalue weighted by atomic mass is 10.1. The number of aromatic amines is 1. The molecule has 0 bridgehead atoms. The van der Waals surface area contributed by atoms with E-state index >= 15 is 0 Å². The van der Waals surface area contributed by atoms with Gasteiger partial charge in [-0.05, 0) is 50.9 Å². The molecule has 2 saturated heterocycles. The molecule has 4 rings (SSSR count). The zero-order chi connectivity index (χ0) is 27.2. The summed E-state index contributed by atoms with van der Waals surface area (Å²) in [4.78, 5) is 24.9. The average Bonchev–Trinajstić information content (AvgIpc) is 3.43. The van der Waals surface area contributed by atoms with Gasteiger partial charge in [-0.15, -0.1) is 6.58 Å². The van der Waals surface area contributed by atoms with E-state index in [1.54, 1.807) is 10.6 Å². The monoisotopic (exact) mass is 531 g/mol. The SMILES string of the molecule is C=CCCCNc1nc2c(nc(C=C)n2[C@@H]2O[C@H](CO[Si](C)(C)C(C)(C)C)[C@H]3OC(C)(C)O[C@H]32)c(=O)[nH]1. The molecule has 2 aromatic rings. The maximum Gasteiger partial charge on any atom is 0.280 e. The molecular weight excluding hydrogens is 490 g/mol. The first-order chi connectivity index (χ1) is 17.3. The molecule has 204 valence electrons. The number of fused-ring (bicyclic) bond motifs is 2. The van der Waals surface area contributed by atoms with E-state index in [0.29, 0.717) is 30.6 Å². The van der Waals surface area contributed by atoms with Crippen LogP contribution in [0.1, 0.15) is 59.5 Å². The number of hydrogen-bond donors (Lipinski definition) is 2. The molecule has 2 aliphatic rings. The van der Waals surface area contributed by atoms with Gasteiger partial charge in [-0.2, -0.15) is 4.98 Å². The number of nitrogens with zero attached hydrogens (tertiary/aromatic N) is 3. The van der Waals surface area contributed by atoms with E-state index in [1.165, 1.54) is 0 Å². The second-order valence-corrected chi connectivity index (χ2v) is 16.5. The number of unbranched alkanes of at least 4 members (excludes halogenated alkanes) is 1. The van der Waals surface area contributed by atoms with Crippen molar-refractivity contribution in [1.82, 2.24) is 19.5 Å². The maximum atomic E-state index is 12.9. The topological polar surface area (TPSA) is 113 Å². The van der Waals surface area contributed by atoms with Gasteiger partial charge >= 0.3 is 0 Å². The van der Waals surface area contributed by atoms with Crippen molar-refractivity contribution in [2.24, 2.45) is 0 Å². The number of anilines is 1. The van der Waals surface area contributed by atoms with Crippen molar-refractivity contribution in [3.05, 3.63) is 35.4 Å². The van der Waals surface area contributed by atoms with Crippen LogP contribution < -0.4 is 10.9 Å². The maximum absolute atomic E-state index is 12.9. The molecule has 2 N–H and O–H groups in total. The van der Waals surface area contributed by atoms with Crippen LogP contribution in [0.3, 0.4) is 0 Å². The summed E-state index contributed by atoms with van der Waals surface area (Å²) in [7, 11) is -2.02. The summed E-state index contributed by atoms with van der Waals surface area (Å²) in [5.74, 6) is 0.0505. The van der Waals surface area contributed by atoms with E-state index in [2.05, 4.69) is 62.3 Å². The van der Waals surface area contributed by atoms with E-state index in [-0.39, 0.29) is 28.3 Å². The Morgan fingerprint density at radius 2 is 1.92 bits per heavy atom. The van der Waals surface area contributed by atoms with Crippen LogP contribution in [-0.2, 0) is 18.6 Å². The number of imidazole rings is 1. The molecule has 37 heavy (non-hydrogen) atoms. The Bertz CT molecular complexity index is 1210. The van der Waals surface area contributed by atoms with Gasteiger partial charge in [0.05, 0.1) is 6.61 Å². The third-order valence-corrected chi connectivity index (χ3v) is 11.9. The van der Waals surface area contributed by atoms with Crippen LogP contribution >= 0.6 is 0 Å². The van der Waals surface area contributed by atoms with Crippen LogP contribution in [0.25, 0.3) is 17.2 Å². The molecule has 2 aliphatic heterocycles. The zero-order valence-electron chi connectivity index (χ0n) is 23.1. The van der Waals surface area contributed by atoms with E-state index in [4.69, 9.17) is 23.6 Å². The molecule has 0 amide bonds. The Labute approximate surface area is 219 Å². The predicted octanol–water partition coefficient (Wildman–Crippen LogP) is 4.58. The standard InChI is InChI=1S/C26H41N5O5Si/c1-10-12-13-14-27-24-29-21-18(22(32)30-24)28-17(11-2)31(21)23-20-19(35-26(6,7)36-20)16(34-23)15-33-37(8,9)25(3,4)5/h10-11,16,19-20,23H,1-2,12-15H2,3-9H3,(H2,27,29,30,32)/t16-,19-,20-,23-/m1/s1. The molecule has 2 aromatic heterocycles. The van der Waals surface area contributed by atoms with Gasteiger partial charge in [-0.3, -0.25) is 14.3 Å². The number of nitrogens with one attached hydrogen (secondary N) is 2. The molecule has 4 heterocycles. The first kappa shape index (κ1) is 27.7. The van der Waals surface area contributed by atoms with Gasteiger partial charge < -0.3 is 24.0 Å². The van der Waals surface area contributed by atoms with Gasteiger partial charge in [-0.1, -0.05) is 33.4 Å². The molecule has 2 fully saturated rings. The molecule has 0 saturated carbocycles. The number of H-pyrrole nitrogens is 1. The van der Waals surface area contributed by atoms with Crippen LogP contribution in [-0.4, -0.2) is 65.1 Å². The van der Waals surface area contributed by atoms with Crippen molar-refractivity contribution < 1.29 is 18.6 Å². The molecule has 0 aliphatic carbocycles. The number of hydrogen-bond acceptors (Lipinski definition) is 8. The highest BCUT2D eigenvalue weighted by molar-refractivity contribution is 6.74. The lowest BCUT2D eigenvalue weighted by molar-refractivity contribution is -0.199. The van der Waals surface area contributed by atoms with Crippen molar-refractivity contribution >= 4 is 31.5 Å². The second-order valence-electron chi connectivity index (χ2n) is 11.7. The van der Waals surface area contributed by atoms with Gasteiger partial charge in [0.1, 0.15) is 24.1 Å². The summed E-state index contributed by atoms with van der Waals surface area (Å²) in [6.45, 7) is 23.5. The Balaban J connectivity index is 1.69. The van der Waals surface area contributed by atoms with Crippen LogP contribution in [0, 0.1) is 0 Å². The summed E-state index contributed by atoms with van der Waals surface area (Å²) in [6.07, 6.45) is 3.41. The molecule has 0 spiro atoms.